The highest BCUT2D eigenvalue weighted by molar-refractivity contribution is 7.84. The zero-order chi connectivity index (χ0) is 11.6. The molecule has 2 rings (SSSR count). The van der Waals surface area contributed by atoms with Gasteiger partial charge in [0, 0.05) is 5.56 Å². The average molecular weight is 240 g/mol. The summed E-state index contributed by atoms with van der Waals surface area (Å²) in [6, 6.07) is 8.93. The maximum atomic E-state index is 10.6. The second kappa shape index (κ2) is 4.03. The van der Waals surface area contributed by atoms with Crippen LogP contribution in [0.15, 0.2) is 34.7 Å². The van der Waals surface area contributed by atoms with Crippen LogP contribution in [0.2, 0.25) is 0 Å². The van der Waals surface area contributed by atoms with Crippen LogP contribution in [0.25, 0.3) is 11.5 Å². The molecule has 0 fully saturated rings. The first-order valence-electron chi connectivity index (χ1n) is 4.37. The molecule has 1 aromatic heterocycles. The number of rotatable bonds is 3. The van der Waals surface area contributed by atoms with Gasteiger partial charge in [-0.3, -0.25) is 4.55 Å². The molecule has 1 heterocycles. The molecule has 0 aliphatic rings. The SMILES string of the molecule is O=S(=O)(O)Cc1nnc(-c2ccccc2)o1. The van der Waals surface area contributed by atoms with Gasteiger partial charge in [-0.15, -0.1) is 10.2 Å². The van der Waals surface area contributed by atoms with Crippen LogP contribution in [0.1, 0.15) is 5.89 Å². The Balaban J connectivity index is 2.27. The molecule has 0 spiro atoms. The molecule has 16 heavy (non-hydrogen) atoms. The first kappa shape index (κ1) is 10.8. The number of nitrogens with zero attached hydrogens (tertiary/aromatic N) is 2. The van der Waals surface area contributed by atoms with Crippen molar-refractivity contribution in [3.63, 3.8) is 0 Å². The van der Waals surface area contributed by atoms with Crippen molar-refractivity contribution in [2.75, 3.05) is 0 Å². The highest BCUT2D eigenvalue weighted by Gasteiger charge is 2.14. The monoisotopic (exact) mass is 240 g/mol. The number of benzene rings is 1. The van der Waals surface area contributed by atoms with Gasteiger partial charge in [0.15, 0.2) is 5.75 Å². The summed E-state index contributed by atoms with van der Waals surface area (Å²) in [5.74, 6) is -0.590. The van der Waals surface area contributed by atoms with Crippen LogP contribution in [-0.2, 0) is 15.9 Å². The number of hydrogen-bond donors (Lipinski definition) is 1. The van der Waals surface area contributed by atoms with Crippen molar-refractivity contribution in [3.8, 4) is 11.5 Å². The van der Waals surface area contributed by atoms with Crippen LogP contribution in [0, 0.1) is 0 Å². The standard InChI is InChI=1S/C9H8N2O4S/c12-16(13,14)6-8-10-11-9(15-8)7-4-2-1-3-5-7/h1-5H,6H2,(H,12,13,14). The van der Waals surface area contributed by atoms with Gasteiger partial charge in [-0.25, -0.2) is 0 Å². The third kappa shape index (κ3) is 2.65. The lowest BCUT2D eigenvalue weighted by Gasteiger charge is -1.92. The van der Waals surface area contributed by atoms with Crippen molar-refractivity contribution in [2.24, 2.45) is 0 Å². The molecule has 0 saturated carbocycles. The van der Waals surface area contributed by atoms with E-state index in [1.807, 2.05) is 6.07 Å². The molecule has 2 aromatic rings. The molecule has 6 nitrogen and oxygen atoms in total. The molecule has 0 aliphatic heterocycles. The molecule has 0 amide bonds. The van der Waals surface area contributed by atoms with E-state index < -0.39 is 15.9 Å². The van der Waals surface area contributed by atoms with E-state index in [4.69, 9.17) is 8.97 Å². The maximum Gasteiger partial charge on any atom is 0.273 e. The Labute approximate surface area is 91.7 Å². The Hall–Kier alpha value is -1.73. The summed E-state index contributed by atoms with van der Waals surface area (Å²) in [7, 11) is -4.14. The Morgan fingerprint density at radius 1 is 1.19 bits per heavy atom. The highest BCUT2D eigenvalue weighted by Crippen LogP contribution is 2.17. The van der Waals surface area contributed by atoms with Crippen molar-refractivity contribution in [3.05, 3.63) is 36.2 Å². The van der Waals surface area contributed by atoms with E-state index in [1.165, 1.54) is 0 Å². The fourth-order valence-corrected chi connectivity index (χ4v) is 1.59. The molecule has 0 radical (unpaired) electrons. The molecule has 7 heteroatoms. The number of hydrogen-bond acceptors (Lipinski definition) is 5. The summed E-state index contributed by atoms with van der Waals surface area (Å²) in [4.78, 5) is 0. The summed E-state index contributed by atoms with van der Waals surface area (Å²) in [5.41, 5.74) is 0.691. The second-order valence-electron chi connectivity index (χ2n) is 3.09. The Morgan fingerprint density at radius 2 is 1.88 bits per heavy atom. The first-order valence-corrected chi connectivity index (χ1v) is 5.98. The van der Waals surface area contributed by atoms with Gasteiger partial charge >= 0.3 is 0 Å². The maximum absolute atomic E-state index is 10.6. The minimum atomic E-state index is -4.14. The topological polar surface area (TPSA) is 93.3 Å². The molecule has 0 unspecified atom stereocenters. The molecule has 1 aromatic carbocycles. The Morgan fingerprint density at radius 3 is 2.50 bits per heavy atom. The minimum Gasteiger partial charge on any atom is -0.419 e. The summed E-state index contributed by atoms with van der Waals surface area (Å²) in [6.45, 7) is 0. The fourth-order valence-electron chi connectivity index (χ4n) is 1.17. The van der Waals surface area contributed by atoms with Crippen molar-refractivity contribution in [1.82, 2.24) is 10.2 Å². The lowest BCUT2D eigenvalue weighted by molar-refractivity contribution is 0.465. The van der Waals surface area contributed by atoms with Gasteiger partial charge in [0.05, 0.1) is 0 Å². The van der Waals surface area contributed by atoms with E-state index >= 15 is 0 Å². The van der Waals surface area contributed by atoms with Crippen LogP contribution >= 0.6 is 0 Å². The molecular weight excluding hydrogens is 232 g/mol. The van der Waals surface area contributed by atoms with Gasteiger partial charge in [-0.05, 0) is 12.1 Å². The van der Waals surface area contributed by atoms with Crippen LogP contribution in [0.3, 0.4) is 0 Å². The normalized spacial score (nSPS) is 11.6. The van der Waals surface area contributed by atoms with Gasteiger partial charge in [-0.1, -0.05) is 18.2 Å². The van der Waals surface area contributed by atoms with Crippen molar-refractivity contribution in [2.45, 2.75) is 5.75 Å². The van der Waals surface area contributed by atoms with E-state index in [9.17, 15) is 8.42 Å². The summed E-state index contributed by atoms with van der Waals surface area (Å²) < 4.78 is 34.8. The molecular formula is C9H8N2O4S. The van der Waals surface area contributed by atoms with E-state index in [-0.39, 0.29) is 11.8 Å². The predicted molar refractivity (Wildman–Crippen MR) is 55.0 cm³/mol. The lowest BCUT2D eigenvalue weighted by Crippen LogP contribution is -2.01. The molecule has 0 atom stereocenters. The fraction of sp³-hybridized carbons (Fsp3) is 0.111. The van der Waals surface area contributed by atoms with Crippen LogP contribution in [0.4, 0.5) is 0 Å². The van der Waals surface area contributed by atoms with Gasteiger partial charge in [0.1, 0.15) is 0 Å². The molecule has 0 bridgehead atoms. The van der Waals surface area contributed by atoms with Crippen molar-refractivity contribution in [1.29, 1.82) is 0 Å². The highest BCUT2D eigenvalue weighted by atomic mass is 32.2. The Kier molecular flexibility index (Phi) is 2.71. The quantitative estimate of drug-likeness (QED) is 0.808. The smallest absolute Gasteiger partial charge is 0.273 e. The van der Waals surface area contributed by atoms with Gasteiger partial charge in [-0.2, -0.15) is 8.42 Å². The van der Waals surface area contributed by atoms with E-state index in [0.717, 1.165) is 0 Å². The van der Waals surface area contributed by atoms with Gasteiger partial charge in [0.25, 0.3) is 10.1 Å². The average Bonchev–Trinajstić information content (AvgIpc) is 2.65. The Bertz CT molecular complexity index is 577. The summed E-state index contributed by atoms with van der Waals surface area (Å²) in [6.07, 6.45) is 0. The summed E-state index contributed by atoms with van der Waals surface area (Å²) >= 11 is 0. The summed E-state index contributed by atoms with van der Waals surface area (Å²) in [5, 5.41) is 7.20. The second-order valence-corrected chi connectivity index (χ2v) is 4.55. The first-order chi connectivity index (χ1) is 7.54. The van der Waals surface area contributed by atoms with Gasteiger partial charge < -0.3 is 4.42 Å². The molecule has 0 saturated heterocycles. The van der Waals surface area contributed by atoms with Crippen LogP contribution in [-0.4, -0.2) is 23.2 Å². The zero-order valence-corrected chi connectivity index (χ0v) is 8.88. The molecule has 84 valence electrons. The zero-order valence-electron chi connectivity index (χ0n) is 8.07. The largest absolute Gasteiger partial charge is 0.419 e. The van der Waals surface area contributed by atoms with E-state index in [2.05, 4.69) is 10.2 Å². The molecule has 0 aliphatic carbocycles. The van der Waals surface area contributed by atoms with Crippen LogP contribution in [0.5, 0.6) is 0 Å². The minimum absolute atomic E-state index is 0.138. The predicted octanol–water partition coefficient (Wildman–Crippen LogP) is 1.12. The van der Waals surface area contributed by atoms with E-state index in [0.29, 0.717) is 5.56 Å². The van der Waals surface area contributed by atoms with Crippen molar-refractivity contribution < 1.29 is 17.4 Å². The van der Waals surface area contributed by atoms with Crippen molar-refractivity contribution >= 4 is 10.1 Å². The third-order valence-corrected chi connectivity index (χ3v) is 2.41. The number of aromatic nitrogens is 2. The lowest BCUT2D eigenvalue weighted by atomic mass is 10.2. The third-order valence-electron chi connectivity index (χ3n) is 1.79. The van der Waals surface area contributed by atoms with E-state index in [1.54, 1.807) is 24.3 Å². The van der Waals surface area contributed by atoms with Crippen LogP contribution < -0.4 is 0 Å². The van der Waals surface area contributed by atoms with Gasteiger partial charge in [0.2, 0.25) is 11.8 Å². The molecule has 1 N–H and O–H groups in total.